The van der Waals surface area contributed by atoms with Crippen LogP contribution in [0.1, 0.15) is 6.92 Å². The minimum atomic E-state index is -0.450. The Bertz CT molecular complexity index is 355. The molecule has 0 aromatic carbocycles. The van der Waals surface area contributed by atoms with Crippen LogP contribution >= 0.6 is 0 Å². The van der Waals surface area contributed by atoms with Gasteiger partial charge in [-0.25, -0.2) is 4.98 Å². The molecule has 0 aliphatic carbocycles. The second-order valence-corrected chi connectivity index (χ2v) is 4.33. The van der Waals surface area contributed by atoms with Crippen LogP contribution < -0.4 is 5.32 Å². The largest absolute Gasteiger partial charge is 0.381 e. The average molecular weight is 239 g/mol. The molecule has 4 nitrogen and oxygen atoms in total. The zero-order chi connectivity index (χ0) is 12.1. The molecule has 2 heterocycles. The number of pyridine rings is 1. The van der Waals surface area contributed by atoms with Crippen LogP contribution in [-0.2, 0) is 4.74 Å². The van der Waals surface area contributed by atoms with Gasteiger partial charge in [-0.2, -0.15) is 4.39 Å². The fourth-order valence-electron chi connectivity index (χ4n) is 1.99. The molecular formula is C12H18FN3O. The van der Waals surface area contributed by atoms with Gasteiger partial charge in [-0.05, 0) is 13.0 Å². The lowest BCUT2D eigenvalue weighted by molar-refractivity contribution is 0.0368. The summed E-state index contributed by atoms with van der Waals surface area (Å²) in [4.78, 5) is 5.88. The molecule has 94 valence electrons. The summed E-state index contributed by atoms with van der Waals surface area (Å²) in [6.07, 6.45) is 1.47. The third-order valence-electron chi connectivity index (χ3n) is 2.78. The summed E-state index contributed by atoms with van der Waals surface area (Å²) in [6, 6.07) is 3.46. The lowest BCUT2D eigenvalue weighted by atomic mass is 10.2. The van der Waals surface area contributed by atoms with Gasteiger partial charge in [0.2, 0.25) is 5.95 Å². The van der Waals surface area contributed by atoms with Crippen LogP contribution in [0.25, 0.3) is 0 Å². The van der Waals surface area contributed by atoms with E-state index in [9.17, 15) is 4.39 Å². The maximum Gasteiger partial charge on any atom is 0.214 e. The van der Waals surface area contributed by atoms with Crippen LogP contribution in [0.5, 0.6) is 0 Å². The van der Waals surface area contributed by atoms with Crippen LogP contribution in [0.4, 0.5) is 10.1 Å². The first-order valence-corrected chi connectivity index (χ1v) is 5.92. The molecule has 0 saturated carbocycles. The number of morpholine rings is 1. The standard InChI is InChI=1S/C12H18FN3O/c1-10(9-16-4-6-17-7-5-16)15-11-2-3-14-12(13)8-11/h2-3,8,10H,4-7,9H2,1H3,(H,14,15). The van der Waals surface area contributed by atoms with E-state index < -0.39 is 5.95 Å². The number of hydrogen-bond donors (Lipinski definition) is 1. The number of rotatable bonds is 4. The zero-order valence-electron chi connectivity index (χ0n) is 10.0. The number of ether oxygens (including phenoxy) is 1. The normalized spacial score (nSPS) is 18.9. The molecule has 1 aromatic rings. The first-order valence-electron chi connectivity index (χ1n) is 5.92. The van der Waals surface area contributed by atoms with Crippen LogP contribution in [0.15, 0.2) is 18.3 Å². The monoisotopic (exact) mass is 239 g/mol. The van der Waals surface area contributed by atoms with E-state index in [0.717, 1.165) is 38.5 Å². The Labute approximate surface area is 101 Å². The van der Waals surface area contributed by atoms with E-state index in [2.05, 4.69) is 22.1 Å². The predicted octanol–water partition coefficient (Wildman–Crippen LogP) is 1.35. The van der Waals surface area contributed by atoms with E-state index in [4.69, 9.17) is 4.74 Å². The molecule has 5 heteroatoms. The number of halogens is 1. The molecule has 1 unspecified atom stereocenters. The van der Waals surface area contributed by atoms with E-state index in [1.807, 2.05) is 0 Å². The van der Waals surface area contributed by atoms with Gasteiger partial charge >= 0.3 is 0 Å². The van der Waals surface area contributed by atoms with Crippen molar-refractivity contribution < 1.29 is 9.13 Å². The molecule has 1 fully saturated rings. The van der Waals surface area contributed by atoms with Crippen LogP contribution in [-0.4, -0.2) is 48.8 Å². The van der Waals surface area contributed by atoms with Crippen molar-refractivity contribution in [3.8, 4) is 0 Å². The minimum Gasteiger partial charge on any atom is -0.381 e. The first-order chi connectivity index (χ1) is 8.24. The maximum atomic E-state index is 12.9. The first kappa shape index (κ1) is 12.3. The van der Waals surface area contributed by atoms with Gasteiger partial charge in [0.1, 0.15) is 0 Å². The Kier molecular flexibility index (Phi) is 4.28. The molecule has 1 aromatic heterocycles. The summed E-state index contributed by atoms with van der Waals surface area (Å²) in [6.45, 7) is 6.57. The Morgan fingerprint density at radius 1 is 1.53 bits per heavy atom. The van der Waals surface area contributed by atoms with Crippen LogP contribution in [0, 0.1) is 5.95 Å². The van der Waals surface area contributed by atoms with Crippen molar-refractivity contribution in [1.82, 2.24) is 9.88 Å². The predicted molar refractivity (Wildman–Crippen MR) is 64.5 cm³/mol. The second kappa shape index (κ2) is 5.93. The van der Waals surface area contributed by atoms with Gasteiger partial charge in [0, 0.05) is 43.6 Å². The lowest BCUT2D eigenvalue weighted by Gasteiger charge is -2.29. The molecule has 1 saturated heterocycles. The quantitative estimate of drug-likeness (QED) is 0.805. The molecule has 1 N–H and O–H groups in total. The molecule has 0 amide bonds. The molecule has 1 atom stereocenters. The van der Waals surface area contributed by atoms with Crippen LogP contribution in [0.3, 0.4) is 0 Å². The molecule has 0 radical (unpaired) electrons. The lowest BCUT2D eigenvalue weighted by Crippen LogP contribution is -2.42. The number of aromatic nitrogens is 1. The Morgan fingerprint density at radius 2 is 2.29 bits per heavy atom. The zero-order valence-corrected chi connectivity index (χ0v) is 10.0. The topological polar surface area (TPSA) is 37.4 Å². The summed E-state index contributed by atoms with van der Waals surface area (Å²) < 4.78 is 18.2. The van der Waals surface area contributed by atoms with E-state index in [1.54, 1.807) is 6.07 Å². The number of hydrogen-bond acceptors (Lipinski definition) is 4. The molecule has 1 aliphatic heterocycles. The van der Waals surface area contributed by atoms with Gasteiger partial charge < -0.3 is 10.1 Å². The molecular weight excluding hydrogens is 221 g/mol. The number of anilines is 1. The molecule has 0 bridgehead atoms. The van der Waals surface area contributed by atoms with Gasteiger partial charge in [0.25, 0.3) is 0 Å². The van der Waals surface area contributed by atoms with Gasteiger partial charge in [0.15, 0.2) is 0 Å². The maximum absolute atomic E-state index is 12.9. The van der Waals surface area contributed by atoms with Gasteiger partial charge in [-0.3, -0.25) is 4.90 Å². The average Bonchev–Trinajstić information content (AvgIpc) is 2.30. The third kappa shape index (κ3) is 3.94. The highest BCUT2D eigenvalue weighted by molar-refractivity contribution is 5.42. The highest BCUT2D eigenvalue weighted by atomic mass is 19.1. The van der Waals surface area contributed by atoms with E-state index >= 15 is 0 Å². The Balaban J connectivity index is 1.82. The van der Waals surface area contributed by atoms with Crippen molar-refractivity contribution in [1.29, 1.82) is 0 Å². The smallest absolute Gasteiger partial charge is 0.214 e. The van der Waals surface area contributed by atoms with Gasteiger partial charge in [0.05, 0.1) is 13.2 Å². The summed E-state index contributed by atoms with van der Waals surface area (Å²) in [7, 11) is 0. The van der Waals surface area contributed by atoms with E-state index in [-0.39, 0.29) is 6.04 Å². The minimum absolute atomic E-state index is 0.273. The second-order valence-electron chi connectivity index (χ2n) is 4.33. The fourth-order valence-corrected chi connectivity index (χ4v) is 1.99. The molecule has 2 rings (SSSR count). The van der Waals surface area contributed by atoms with Crippen LogP contribution in [0.2, 0.25) is 0 Å². The van der Waals surface area contributed by atoms with E-state index in [1.165, 1.54) is 12.3 Å². The van der Waals surface area contributed by atoms with Crippen molar-refractivity contribution in [3.05, 3.63) is 24.3 Å². The highest BCUT2D eigenvalue weighted by Crippen LogP contribution is 2.09. The van der Waals surface area contributed by atoms with Gasteiger partial charge in [-0.1, -0.05) is 0 Å². The van der Waals surface area contributed by atoms with Crippen molar-refractivity contribution >= 4 is 5.69 Å². The Morgan fingerprint density at radius 3 is 3.00 bits per heavy atom. The van der Waals surface area contributed by atoms with Crippen molar-refractivity contribution in [2.24, 2.45) is 0 Å². The third-order valence-corrected chi connectivity index (χ3v) is 2.78. The van der Waals surface area contributed by atoms with E-state index in [0.29, 0.717) is 0 Å². The van der Waals surface area contributed by atoms with Crippen molar-refractivity contribution in [3.63, 3.8) is 0 Å². The highest BCUT2D eigenvalue weighted by Gasteiger charge is 2.13. The molecule has 1 aliphatic rings. The number of nitrogens with zero attached hydrogens (tertiary/aromatic N) is 2. The summed E-state index contributed by atoms with van der Waals surface area (Å²) in [5, 5.41) is 3.27. The van der Waals surface area contributed by atoms with Crippen molar-refractivity contribution in [2.45, 2.75) is 13.0 Å². The molecule has 0 spiro atoms. The summed E-state index contributed by atoms with van der Waals surface area (Å²) >= 11 is 0. The van der Waals surface area contributed by atoms with Gasteiger partial charge in [-0.15, -0.1) is 0 Å². The van der Waals surface area contributed by atoms with Crippen molar-refractivity contribution in [2.75, 3.05) is 38.2 Å². The number of nitrogens with one attached hydrogen (secondary N) is 1. The summed E-state index contributed by atoms with van der Waals surface area (Å²) in [5.74, 6) is -0.450. The Hall–Kier alpha value is -1.20. The summed E-state index contributed by atoms with van der Waals surface area (Å²) in [5.41, 5.74) is 0.776. The molecule has 17 heavy (non-hydrogen) atoms. The SMILES string of the molecule is CC(CN1CCOCC1)Nc1ccnc(F)c1. The fraction of sp³-hybridized carbons (Fsp3) is 0.583.